The highest BCUT2D eigenvalue weighted by molar-refractivity contribution is 5.79. The van der Waals surface area contributed by atoms with Crippen molar-refractivity contribution in [1.29, 1.82) is 0 Å². The number of pyridine rings is 1. The molecule has 1 aliphatic heterocycles. The van der Waals surface area contributed by atoms with Gasteiger partial charge in [0.1, 0.15) is 11.6 Å². The van der Waals surface area contributed by atoms with E-state index in [0.29, 0.717) is 13.1 Å². The predicted octanol–water partition coefficient (Wildman–Crippen LogP) is 2.13. The highest BCUT2D eigenvalue weighted by atomic mass is 16.5. The number of hydrogen-bond acceptors (Lipinski definition) is 5. The molecular weight excluding hydrogens is 354 g/mol. The maximum Gasteiger partial charge on any atom is 0.193 e. The van der Waals surface area contributed by atoms with Crippen molar-refractivity contribution in [2.45, 2.75) is 13.1 Å². The van der Waals surface area contributed by atoms with Crippen molar-refractivity contribution in [2.75, 3.05) is 52.4 Å². The number of aliphatic imine (C=N–C) groups is 1. The molecule has 1 aromatic carbocycles. The number of rotatable bonds is 6. The first-order valence-electron chi connectivity index (χ1n) is 9.53. The third-order valence-corrected chi connectivity index (χ3v) is 4.79. The molecule has 0 spiro atoms. The van der Waals surface area contributed by atoms with Crippen LogP contribution >= 0.6 is 0 Å². The number of hydrogen-bond donors (Lipinski definition) is 1. The summed E-state index contributed by atoms with van der Waals surface area (Å²) in [5.74, 6) is 2.72. The van der Waals surface area contributed by atoms with E-state index in [9.17, 15) is 0 Å². The van der Waals surface area contributed by atoms with Gasteiger partial charge in [-0.2, -0.15) is 0 Å². The number of ether oxygens (including phenoxy) is 2. The Bertz CT molecular complexity index is 790. The summed E-state index contributed by atoms with van der Waals surface area (Å²) in [5, 5.41) is 3.46. The fourth-order valence-corrected chi connectivity index (χ4v) is 3.35. The smallest absolute Gasteiger partial charge is 0.193 e. The van der Waals surface area contributed by atoms with E-state index in [1.54, 1.807) is 14.2 Å². The van der Waals surface area contributed by atoms with Gasteiger partial charge in [0.15, 0.2) is 5.96 Å². The minimum atomic E-state index is 0.656. The molecule has 0 bridgehead atoms. The lowest BCUT2D eigenvalue weighted by atomic mass is 10.2. The molecule has 150 valence electrons. The fourth-order valence-electron chi connectivity index (χ4n) is 3.35. The molecule has 1 aliphatic rings. The topological polar surface area (TPSA) is 62.2 Å². The quantitative estimate of drug-likeness (QED) is 0.609. The van der Waals surface area contributed by atoms with E-state index < -0.39 is 0 Å². The first-order valence-corrected chi connectivity index (χ1v) is 9.53. The molecule has 0 aliphatic carbocycles. The van der Waals surface area contributed by atoms with Crippen LogP contribution in [-0.4, -0.2) is 63.4 Å². The molecule has 0 unspecified atom stereocenters. The van der Waals surface area contributed by atoms with E-state index in [1.807, 2.05) is 37.5 Å². The van der Waals surface area contributed by atoms with Crippen molar-refractivity contribution < 1.29 is 9.47 Å². The van der Waals surface area contributed by atoms with Crippen LogP contribution in [0.15, 0.2) is 47.6 Å². The van der Waals surface area contributed by atoms with Crippen LogP contribution in [0, 0.1) is 0 Å². The first-order chi connectivity index (χ1) is 13.7. The largest absolute Gasteiger partial charge is 0.496 e. The normalized spacial score (nSPS) is 14.7. The Labute approximate surface area is 167 Å². The summed E-state index contributed by atoms with van der Waals surface area (Å²) in [6.45, 7) is 4.58. The van der Waals surface area contributed by atoms with Gasteiger partial charge in [0.05, 0.1) is 20.3 Å². The Morgan fingerprint density at radius 3 is 2.71 bits per heavy atom. The second kappa shape index (κ2) is 9.94. The van der Waals surface area contributed by atoms with Crippen molar-refractivity contribution >= 4 is 11.8 Å². The molecule has 3 rings (SSSR count). The molecule has 0 amide bonds. The van der Waals surface area contributed by atoms with Crippen molar-refractivity contribution in [3.8, 4) is 5.75 Å². The van der Waals surface area contributed by atoms with Gasteiger partial charge >= 0.3 is 0 Å². The third-order valence-electron chi connectivity index (χ3n) is 4.79. The Morgan fingerprint density at radius 2 is 1.96 bits per heavy atom. The molecule has 2 heterocycles. The molecule has 1 N–H and O–H groups in total. The Hall–Kier alpha value is -2.80. The second-order valence-electron chi connectivity index (χ2n) is 6.65. The molecule has 7 heteroatoms. The Kier molecular flexibility index (Phi) is 7.08. The van der Waals surface area contributed by atoms with Crippen molar-refractivity contribution in [1.82, 2.24) is 15.2 Å². The van der Waals surface area contributed by atoms with E-state index >= 15 is 0 Å². The maximum atomic E-state index is 5.46. The van der Waals surface area contributed by atoms with Gasteiger partial charge in [0, 0.05) is 57.6 Å². The van der Waals surface area contributed by atoms with Gasteiger partial charge in [0.2, 0.25) is 0 Å². The van der Waals surface area contributed by atoms with E-state index in [2.05, 4.69) is 37.2 Å². The van der Waals surface area contributed by atoms with Gasteiger partial charge in [-0.25, -0.2) is 4.98 Å². The van der Waals surface area contributed by atoms with Crippen LogP contribution in [0.1, 0.15) is 11.1 Å². The van der Waals surface area contributed by atoms with E-state index in [1.165, 1.54) is 0 Å². The monoisotopic (exact) mass is 383 g/mol. The standard InChI is InChI=1S/C21H29N5O2/c1-22-21(25(2)16-18-7-4-5-9-19(18)27-3)24-15-17-8-6-10-23-20(17)26-11-13-28-14-12-26/h4-10H,11-16H2,1-3H3,(H,22,24). The van der Waals surface area contributed by atoms with E-state index in [-0.39, 0.29) is 0 Å². The molecule has 7 nitrogen and oxygen atoms in total. The lowest BCUT2D eigenvalue weighted by Gasteiger charge is -2.30. The maximum absolute atomic E-state index is 5.46. The zero-order valence-corrected chi connectivity index (χ0v) is 16.9. The molecule has 0 saturated carbocycles. The molecular formula is C21H29N5O2. The molecule has 1 aromatic heterocycles. The van der Waals surface area contributed by atoms with Crippen LogP contribution in [0.4, 0.5) is 5.82 Å². The summed E-state index contributed by atoms with van der Waals surface area (Å²) >= 11 is 0. The van der Waals surface area contributed by atoms with Gasteiger partial charge in [-0.3, -0.25) is 4.99 Å². The average Bonchev–Trinajstić information content (AvgIpc) is 2.75. The molecule has 1 fully saturated rings. The SMILES string of the molecule is CN=C(NCc1cccnc1N1CCOCC1)N(C)Cc1ccccc1OC. The van der Waals surface area contributed by atoms with Gasteiger partial charge in [-0.05, 0) is 12.1 Å². The van der Waals surface area contributed by atoms with Crippen LogP contribution in [0.3, 0.4) is 0 Å². The first kappa shape index (κ1) is 19.9. The Balaban J connectivity index is 1.66. The van der Waals surface area contributed by atoms with Crippen molar-refractivity contribution in [3.05, 3.63) is 53.7 Å². The summed E-state index contributed by atoms with van der Waals surface area (Å²) < 4.78 is 10.9. The molecule has 0 radical (unpaired) electrons. The highest BCUT2D eigenvalue weighted by Gasteiger charge is 2.16. The van der Waals surface area contributed by atoms with E-state index in [0.717, 1.165) is 55.0 Å². The predicted molar refractivity (Wildman–Crippen MR) is 112 cm³/mol. The zero-order chi connectivity index (χ0) is 19.8. The van der Waals surface area contributed by atoms with Gasteiger partial charge in [-0.1, -0.05) is 24.3 Å². The fraction of sp³-hybridized carbons (Fsp3) is 0.429. The van der Waals surface area contributed by atoms with Crippen LogP contribution < -0.4 is 15.0 Å². The lowest BCUT2D eigenvalue weighted by Crippen LogP contribution is -2.40. The minimum absolute atomic E-state index is 0.656. The van der Waals surface area contributed by atoms with Crippen molar-refractivity contribution in [2.24, 2.45) is 4.99 Å². The van der Waals surface area contributed by atoms with E-state index in [4.69, 9.17) is 9.47 Å². The molecule has 0 atom stereocenters. The number of para-hydroxylation sites is 1. The second-order valence-corrected chi connectivity index (χ2v) is 6.65. The molecule has 1 saturated heterocycles. The number of morpholine rings is 1. The zero-order valence-electron chi connectivity index (χ0n) is 16.9. The number of anilines is 1. The number of aromatic nitrogens is 1. The summed E-state index contributed by atoms with van der Waals surface area (Å²) in [7, 11) is 5.52. The minimum Gasteiger partial charge on any atom is -0.496 e. The number of guanidine groups is 1. The third kappa shape index (κ3) is 4.92. The van der Waals surface area contributed by atoms with Crippen LogP contribution in [0.2, 0.25) is 0 Å². The average molecular weight is 383 g/mol. The van der Waals surface area contributed by atoms with Crippen LogP contribution in [-0.2, 0) is 17.8 Å². The van der Waals surface area contributed by atoms with Crippen LogP contribution in [0.5, 0.6) is 5.75 Å². The lowest BCUT2D eigenvalue weighted by molar-refractivity contribution is 0.122. The number of nitrogens with one attached hydrogen (secondary N) is 1. The molecule has 2 aromatic rings. The molecule has 28 heavy (non-hydrogen) atoms. The van der Waals surface area contributed by atoms with Gasteiger partial charge in [-0.15, -0.1) is 0 Å². The Morgan fingerprint density at radius 1 is 1.21 bits per heavy atom. The summed E-state index contributed by atoms with van der Waals surface area (Å²) in [5.41, 5.74) is 2.27. The van der Waals surface area contributed by atoms with Crippen LogP contribution in [0.25, 0.3) is 0 Å². The summed E-state index contributed by atoms with van der Waals surface area (Å²) in [4.78, 5) is 13.4. The van der Waals surface area contributed by atoms with Gasteiger partial charge < -0.3 is 24.6 Å². The highest BCUT2D eigenvalue weighted by Crippen LogP contribution is 2.20. The van der Waals surface area contributed by atoms with Gasteiger partial charge in [0.25, 0.3) is 0 Å². The van der Waals surface area contributed by atoms with Crippen molar-refractivity contribution in [3.63, 3.8) is 0 Å². The number of benzene rings is 1. The number of methoxy groups -OCH3 is 1. The number of nitrogens with zero attached hydrogens (tertiary/aromatic N) is 4. The summed E-state index contributed by atoms with van der Waals surface area (Å²) in [6.07, 6.45) is 1.84. The summed E-state index contributed by atoms with van der Waals surface area (Å²) in [6, 6.07) is 12.1.